The maximum atomic E-state index is 13.4. The third-order valence-corrected chi connectivity index (χ3v) is 3.20. The van der Waals surface area contributed by atoms with Crippen molar-refractivity contribution < 1.29 is 9.18 Å². The van der Waals surface area contributed by atoms with E-state index in [1.54, 1.807) is 12.1 Å². The van der Waals surface area contributed by atoms with Gasteiger partial charge in [-0.1, -0.05) is 6.07 Å². The van der Waals surface area contributed by atoms with Crippen molar-refractivity contribution in [3.05, 3.63) is 24.0 Å². The highest BCUT2D eigenvalue weighted by molar-refractivity contribution is 6.01. The van der Waals surface area contributed by atoms with Crippen LogP contribution in [0.4, 0.5) is 15.8 Å². The number of benzene rings is 1. The molecule has 1 fully saturated rings. The van der Waals surface area contributed by atoms with Crippen molar-refractivity contribution in [2.45, 2.75) is 12.8 Å². The van der Waals surface area contributed by atoms with Crippen LogP contribution in [0.25, 0.3) is 0 Å². The standard InChI is InChI=1S/C11H11FN2O/c12-7-2-1-3-8-9(7)13-6-11(4-5-11)10(15)14-8/h1-3,13H,4-6H2,(H,14,15). The highest BCUT2D eigenvalue weighted by Gasteiger charge is 2.50. The number of amides is 1. The molecule has 0 atom stereocenters. The molecule has 78 valence electrons. The molecule has 2 aliphatic rings. The predicted molar refractivity (Wildman–Crippen MR) is 55.2 cm³/mol. The number of carbonyl (C=O) groups excluding carboxylic acids is 1. The number of hydrogen-bond donors (Lipinski definition) is 2. The van der Waals surface area contributed by atoms with Gasteiger partial charge in [-0.25, -0.2) is 4.39 Å². The molecule has 1 spiro atoms. The van der Waals surface area contributed by atoms with Crippen molar-refractivity contribution in [3.8, 4) is 0 Å². The van der Waals surface area contributed by atoms with Gasteiger partial charge in [0.2, 0.25) is 5.91 Å². The van der Waals surface area contributed by atoms with E-state index in [2.05, 4.69) is 10.6 Å². The van der Waals surface area contributed by atoms with E-state index in [-0.39, 0.29) is 17.1 Å². The van der Waals surface area contributed by atoms with Gasteiger partial charge in [0.05, 0.1) is 16.8 Å². The summed E-state index contributed by atoms with van der Waals surface area (Å²) < 4.78 is 13.4. The Balaban J connectivity index is 2.04. The smallest absolute Gasteiger partial charge is 0.232 e. The summed E-state index contributed by atoms with van der Waals surface area (Å²) in [7, 11) is 0. The van der Waals surface area contributed by atoms with Crippen LogP contribution in [0.5, 0.6) is 0 Å². The average molecular weight is 206 g/mol. The molecule has 1 amide bonds. The molecule has 0 bridgehead atoms. The zero-order valence-corrected chi connectivity index (χ0v) is 8.14. The summed E-state index contributed by atoms with van der Waals surface area (Å²) in [6, 6.07) is 4.70. The van der Waals surface area contributed by atoms with E-state index in [0.717, 1.165) is 12.8 Å². The van der Waals surface area contributed by atoms with Gasteiger partial charge in [-0.15, -0.1) is 0 Å². The van der Waals surface area contributed by atoms with E-state index in [4.69, 9.17) is 0 Å². The monoisotopic (exact) mass is 206 g/mol. The first kappa shape index (κ1) is 8.71. The molecule has 3 rings (SSSR count). The lowest BCUT2D eigenvalue weighted by molar-refractivity contribution is -0.120. The van der Waals surface area contributed by atoms with Crippen molar-refractivity contribution in [1.82, 2.24) is 0 Å². The second-order valence-corrected chi connectivity index (χ2v) is 4.25. The van der Waals surface area contributed by atoms with Crippen LogP contribution in [0, 0.1) is 11.2 Å². The highest BCUT2D eigenvalue weighted by atomic mass is 19.1. The average Bonchev–Trinajstić information content (AvgIpc) is 2.98. The molecule has 1 heterocycles. The third-order valence-electron chi connectivity index (χ3n) is 3.20. The Hall–Kier alpha value is -1.58. The van der Waals surface area contributed by atoms with Crippen molar-refractivity contribution >= 4 is 17.3 Å². The third kappa shape index (κ3) is 1.21. The van der Waals surface area contributed by atoms with Gasteiger partial charge in [0.1, 0.15) is 5.82 Å². The zero-order valence-electron chi connectivity index (χ0n) is 8.14. The van der Waals surface area contributed by atoms with Crippen LogP contribution in [0.2, 0.25) is 0 Å². The number of carbonyl (C=O) groups is 1. The molecule has 1 saturated carbocycles. The van der Waals surface area contributed by atoms with Crippen LogP contribution in [-0.4, -0.2) is 12.5 Å². The summed E-state index contributed by atoms with van der Waals surface area (Å²) in [4.78, 5) is 11.8. The fourth-order valence-corrected chi connectivity index (χ4v) is 1.96. The molecule has 1 aromatic rings. The van der Waals surface area contributed by atoms with Gasteiger partial charge in [-0.2, -0.15) is 0 Å². The van der Waals surface area contributed by atoms with Crippen LogP contribution in [-0.2, 0) is 4.79 Å². The first-order valence-electron chi connectivity index (χ1n) is 5.05. The van der Waals surface area contributed by atoms with Gasteiger partial charge in [-0.05, 0) is 25.0 Å². The number of anilines is 2. The number of nitrogens with one attached hydrogen (secondary N) is 2. The molecule has 1 aromatic carbocycles. The molecule has 0 aromatic heterocycles. The summed E-state index contributed by atoms with van der Waals surface area (Å²) >= 11 is 0. The van der Waals surface area contributed by atoms with Crippen molar-refractivity contribution in [2.75, 3.05) is 17.2 Å². The fourth-order valence-electron chi connectivity index (χ4n) is 1.96. The first-order chi connectivity index (χ1) is 7.21. The first-order valence-corrected chi connectivity index (χ1v) is 5.05. The number of hydrogen-bond acceptors (Lipinski definition) is 2. The number of fused-ring (bicyclic) bond motifs is 1. The molecule has 1 aliphatic heterocycles. The lowest BCUT2D eigenvalue weighted by atomic mass is 10.1. The molecule has 15 heavy (non-hydrogen) atoms. The Morgan fingerprint density at radius 1 is 1.33 bits per heavy atom. The van der Waals surface area contributed by atoms with E-state index >= 15 is 0 Å². The Morgan fingerprint density at radius 3 is 2.87 bits per heavy atom. The van der Waals surface area contributed by atoms with Crippen molar-refractivity contribution in [3.63, 3.8) is 0 Å². The molecule has 4 heteroatoms. The van der Waals surface area contributed by atoms with E-state index < -0.39 is 0 Å². The molecule has 0 radical (unpaired) electrons. The molecular formula is C11H11FN2O. The summed E-state index contributed by atoms with van der Waals surface area (Å²) in [5.74, 6) is -0.301. The summed E-state index contributed by atoms with van der Waals surface area (Å²) in [6.07, 6.45) is 1.78. The highest BCUT2D eigenvalue weighted by Crippen LogP contribution is 2.48. The van der Waals surface area contributed by atoms with E-state index in [0.29, 0.717) is 17.9 Å². The van der Waals surface area contributed by atoms with Gasteiger partial charge in [0.15, 0.2) is 0 Å². The second kappa shape index (κ2) is 2.72. The molecular weight excluding hydrogens is 195 g/mol. The molecule has 0 saturated heterocycles. The molecule has 1 aliphatic carbocycles. The Labute approximate surface area is 86.7 Å². The Bertz CT molecular complexity index is 440. The maximum Gasteiger partial charge on any atom is 0.232 e. The maximum absolute atomic E-state index is 13.4. The SMILES string of the molecule is O=C1Nc2cccc(F)c2NCC12CC2. The van der Waals surface area contributed by atoms with Crippen LogP contribution in [0.15, 0.2) is 18.2 Å². The molecule has 2 N–H and O–H groups in total. The minimum absolute atomic E-state index is 0.0133. The minimum Gasteiger partial charge on any atom is -0.380 e. The number of halogens is 1. The minimum atomic E-state index is -0.314. The quantitative estimate of drug-likeness (QED) is 0.681. The van der Waals surface area contributed by atoms with Crippen LogP contribution < -0.4 is 10.6 Å². The summed E-state index contributed by atoms with van der Waals surface area (Å²) in [5.41, 5.74) is 0.671. The normalized spacial score (nSPS) is 21.3. The largest absolute Gasteiger partial charge is 0.380 e. The second-order valence-electron chi connectivity index (χ2n) is 4.25. The van der Waals surface area contributed by atoms with E-state index in [1.807, 2.05) is 0 Å². The topological polar surface area (TPSA) is 41.1 Å². The summed E-state index contributed by atoms with van der Waals surface area (Å²) in [6.45, 7) is 0.534. The van der Waals surface area contributed by atoms with Crippen LogP contribution >= 0.6 is 0 Å². The predicted octanol–water partition coefficient (Wildman–Crippen LogP) is 1.97. The number of rotatable bonds is 0. The van der Waals surface area contributed by atoms with Crippen LogP contribution in [0.3, 0.4) is 0 Å². The van der Waals surface area contributed by atoms with Gasteiger partial charge >= 0.3 is 0 Å². The molecule has 3 nitrogen and oxygen atoms in total. The lowest BCUT2D eigenvalue weighted by Crippen LogP contribution is -2.27. The molecule has 0 unspecified atom stereocenters. The van der Waals surface area contributed by atoms with Crippen molar-refractivity contribution in [1.29, 1.82) is 0 Å². The van der Waals surface area contributed by atoms with Gasteiger partial charge in [-0.3, -0.25) is 4.79 Å². The van der Waals surface area contributed by atoms with Gasteiger partial charge in [0, 0.05) is 6.54 Å². The number of para-hydroxylation sites is 1. The lowest BCUT2D eigenvalue weighted by Gasteiger charge is -2.09. The zero-order chi connectivity index (χ0) is 10.5. The summed E-state index contributed by atoms with van der Waals surface area (Å²) in [5, 5.41) is 5.79. The van der Waals surface area contributed by atoms with Gasteiger partial charge in [0.25, 0.3) is 0 Å². The van der Waals surface area contributed by atoms with Crippen molar-refractivity contribution in [2.24, 2.45) is 5.41 Å². The van der Waals surface area contributed by atoms with Gasteiger partial charge < -0.3 is 10.6 Å². The van der Waals surface area contributed by atoms with E-state index in [1.165, 1.54) is 6.07 Å². The Kier molecular flexibility index (Phi) is 1.58. The van der Waals surface area contributed by atoms with E-state index in [9.17, 15) is 9.18 Å². The fraction of sp³-hybridized carbons (Fsp3) is 0.364. The van der Waals surface area contributed by atoms with Crippen LogP contribution in [0.1, 0.15) is 12.8 Å². The Morgan fingerprint density at radius 2 is 2.13 bits per heavy atom.